The first-order valence-corrected chi connectivity index (χ1v) is 11.0. The second-order valence-electron chi connectivity index (χ2n) is 8.30. The van der Waals surface area contributed by atoms with Gasteiger partial charge in [0, 0.05) is 26.2 Å². The molecular formula is C24H27N5O4. The summed E-state index contributed by atoms with van der Waals surface area (Å²) in [4.78, 5) is 44.4. The zero-order valence-electron chi connectivity index (χ0n) is 18.7. The highest BCUT2D eigenvalue weighted by molar-refractivity contribution is 6.23. The summed E-state index contributed by atoms with van der Waals surface area (Å²) in [5.41, 5.74) is 2.39. The van der Waals surface area contributed by atoms with Crippen LogP contribution in [0, 0.1) is 12.8 Å². The molecule has 1 fully saturated rings. The predicted octanol–water partition coefficient (Wildman–Crippen LogP) is 2.59. The van der Waals surface area contributed by atoms with Gasteiger partial charge in [-0.05, 0) is 31.9 Å². The zero-order valence-corrected chi connectivity index (χ0v) is 18.7. The van der Waals surface area contributed by atoms with Crippen LogP contribution in [0.4, 0.5) is 5.69 Å². The smallest absolute Gasteiger partial charge is 0.264 e. The van der Waals surface area contributed by atoms with Gasteiger partial charge in [-0.15, -0.1) is 13.2 Å². The van der Waals surface area contributed by atoms with Crippen LogP contribution in [-0.2, 0) is 11.3 Å². The number of benzene rings is 1. The molecule has 2 aliphatic heterocycles. The number of carbonyl (C=O) groups is 3. The molecule has 1 atom stereocenters. The minimum absolute atomic E-state index is 0.000295. The molecule has 3 heterocycles. The summed E-state index contributed by atoms with van der Waals surface area (Å²) in [7, 11) is 0. The fraction of sp³-hybridized carbons (Fsp3) is 0.375. The summed E-state index contributed by atoms with van der Waals surface area (Å²) in [6.07, 6.45) is 4.99. The van der Waals surface area contributed by atoms with Crippen molar-refractivity contribution in [1.82, 2.24) is 20.1 Å². The van der Waals surface area contributed by atoms with E-state index in [0.717, 1.165) is 12.8 Å². The van der Waals surface area contributed by atoms with E-state index in [1.54, 1.807) is 36.1 Å². The van der Waals surface area contributed by atoms with Gasteiger partial charge in [0.25, 0.3) is 11.8 Å². The lowest BCUT2D eigenvalue weighted by molar-refractivity contribution is -0.134. The average molecular weight is 450 g/mol. The lowest BCUT2D eigenvalue weighted by atomic mass is 9.94. The second-order valence-corrected chi connectivity index (χ2v) is 8.30. The topological polar surface area (TPSA) is 99.9 Å². The molecule has 0 N–H and O–H groups in total. The second kappa shape index (κ2) is 9.40. The Hall–Kier alpha value is -3.75. The van der Waals surface area contributed by atoms with Gasteiger partial charge in [0.15, 0.2) is 0 Å². The summed E-state index contributed by atoms with van der Waals surface area (Å²) >= 11 is 0. The highest BCUT2D eigenvalue weighted by Crippen LogP contribution is 2.35. The van der Waals surface area contributed by atoms with Crippen LogP contribution in [0.5, 0.6) is 0 Å². The van der Waals surface area contributed by atoms with E-state index >= 15 is 0 Å². The lowest BCUT2D eigenvalue weighted by Gasteiger charge is -2.36. The summed E-state index contributed by atoms with van der Waals surface area (Å²) in [6.45, 7) is 11.3. The minimum atomic E-state index is -0.374. The fourth-order valence-corrected chi connectivity index (χ4v) is 4.49. The summed E-state index contributed by atoms with van der Waals surface area (Å²) < 4.78 is 4.70. The standard InChI is InChI=1S/C24H27N5O4/c1-4-11-27(12-5-2)22(30)17-8-7-13-28(14-17)20-10-6-9-18-21(20)24(32)29(23(18)31)15-19-16(3)25-33-26-19/h4-6,9-10,17H,1-2,7-8,11-15H2,3H3/t17-/m1/s1. The maximum absolute atomic E-state index is 13.3. The van der Waals surface area contributed by atoms with Crippen LogP contribution >= 0.6 is 0 Å². The van der Waals surface area contributed by atoms with Gasteiger partial charge in [-0.3, -0.25) is 19.3 Å². The van der Waals surface area contributed by atoms with E-state index in [-0.39, 0.29) is 30.2 Å². The van der Waals surface area contributed by atoms with Crippen molar-refractivity contribution in [3.05, 3.63) is 66.0 Å². The molecule has 3 amide bonds. The molecule has 33 heavy (non-hydrogen) atoms. The van der Waals surface area contributed by atoms with Gasteiger partial charge in [-0.1, -0.05) is 28.5 Å². The van der Waals surface area contributed by atoms with Crippen molar-refractivity contribution in [3.63, 3.8) is 0 Å². The monoisotopic (exact) mass is 449 g/mol. The number of aryl methyl sites for hydroxylation is 1. The third kappa shape index (κ3) is 4.18. The molecule has 9 heteroatoms. The van der Waals surface area contributed by atoms with Gasteiger partial charge in [0.1, 0.15) is 11.4 Å². The van der Waals surface area contributed by atoms with Crippen molar-refractivity contribution in [3.8, 4) is 0 Å². The molecule has 1 aromatic heterocycles. The van der Waals surface area contributed by atoms with Gasteiger partial charge >= 0.3 is 0 Å². The molecule has 0 bridgehead atoms. The van der Waals surface area contributed by atoms with Crippen molar-refractivity contribution in [2.45, 2.75) is 26.3 Å². The predicted molar refractivity (Wildman–Crippen MR) is 122 cm³/mol. The minimum Gasteiger partial charge on any atom is -0.370 e. The normalized spacial score (nSPS) is 17.8. The number of rotatable bonds is 8. The van der Waals surface area contributed by atoms with Crippen molar-refractivity contribution in [2.24, 2.45) is 5.92 Å². The van der Waals surface area contributed by atoms with E-state index in [1.165, 1.54) is 4.90 Å². The molecular weight excluding hydrogens is 422 g/mol. The van der Waals surface area contributed by atoms with E-state index in [9.17, 15) is 14.4 Å². The van der Waals surface area contributed by atoms with Crippen LogP contribution in [0.15, 0.2) is 48.1 Å². The number of carbonyl (C=O) groups excluding carboxylic acids is 3. The number of hydrogen-bond donors (Lipinski definition) is 0. The van der Waals surface area contributed by atoms with Gasteiger partial charge in [0.2, 0.25) is 5.91 Å². The highest BCUT2D eigenvalue weighted by atomic mass is 16.6. The first-order valence-electron chi connectivity index (χ1n) is 11.0. The van der Waals surface area contributed by atoms with Crippen LogP contribution in [0.2, 0.25) is 0 Å². The van der Waals surface area contributed by atoms with Gasteiger partial charge in [-0.2, -0.15) is 0 Å². The maximum atomic E-state index is 13.3. The molecule has 0 unspecified atom stereocenters. The molecule has 0 aliphatic carbocycles. The number of imide groups is 1. The largest absolute Gasteiger partial charge is 0.370 e. The van der Waals surface area contributed by atoms with Crippen molar-refractivity contribution >= 4 is 23.4 Å². The first-order chi connectivity index (χ1) is 16.0. The molecule has 0 radical (unpaired) electrons. The van der Waals surface area contributed by atoms with Crippen LogP contribution in [0.3, 0.4) is 0 Å². The van der Waals surface area contributed by atoms with E-state index in [4.69, 9.17) is 4.63 Å². The van der Waals surface area contributed by atoms with E-state index < -0.39 is 0 Å². The van der Waals surface area contributed by atoms with Crippen molar-refractivity contribution < 1.29 is 19.0 Å². The molecule has 2 aromatic rings. The Kier molecular flexibility index (Phi) is 6.39. The van der Waals surface area contributed by atoms with E-state index in [2.05, 4.69) is 23.5 Å². The Balaban J connectivity index is 1.58. The number of amides is 3. The van der Waals surface area contributed by atoms with Crippen LogP contribution < -0.4 is 4.90 Å². The van der Waals surface area contributed by atoms with Gasteiger partial charge in [0.05, 0.1) is 29.3 Å². The third-order valence-corrected chi connectivity index (χ3v) is 6.15. The first kappa shape index (κ1) is 22.4. The average Bonchev–Trinajstić information content (AvgIpc) is 3.34. The molecule has 4 rings (SSSR count). The number of anilines is 1. The number of hydrogen-bond acceptors (Lipinski definition) is 7. The molecule has 1 aromatic carbocycles. The number of fused-ring (bicyclic) bond motifs is 1. The highest BCUT2D eigenvalue weighted by Gasteiger charge is 2.40. The summed E-state index contributed by atoms with van der Waals surface area (Å²) in [5.74, 6) is -0.903. The van der Waals surface area contributed by atoms with Gasteiger partial charge in [-0.25, -0.2) is 4.63 Å². The number of piperidine rings is 1. The Morgan fingerprint density at radius 2 is 1.97 bits per heavy atom. The molecule has 172 valence electrons. The molecule has 0 spiro atoms. The number of aromatic nitrogens is 2. The Labute approximate surface area is 192 Å². The van der Waals surface area contributed by atoms with Crippen LogP contribution in [0.1, 0.15) is 44.9 Å². The SMILES string of the molecule is C=CCN(CC=C)C(=O)[C@@H]1CCCN(c2cccc3c2C(=O)N(Cc2nonc2C)C3=O)C1. The Morgan fingerprint density at radius 3 is 2.64 bits per heavy atom. The van der Waals surface area contributed by atoms with Crippen LogP contribution in [0.25, 0.3) is 0 Å². The molecule has 0 saturated carbocycles. The zero-order chi connectivity index (χ0) is 23.5. The van der Waals surface area contributed by atoms with E-state index in [1.807, 2.05) is 11.0 Å². The summed E-state index contributed by atoms with van der Waals surface area (Å²) in [5, 5.41) is 7.52. The number of nitrogens with zero attached hydrogens (tertiary/aromatic N) is 5. The van der Waals surface area contributed by atoms with Crippen molar-refractivity contribution in [2.75, 3.05) is 31.1 Å². The lowest BCUT2D eigenvalue weighted by Crippen LogP contribution is -2.45. The van der Waals surface area contributed by atoms with Crippen LogP contribution in [-0.4, -0.2) is 64.0 Å². The maximum Gasteiger partial charge on any atom is 0.264 e. The Morgan fingerprint density at radius 1 is 1.21 bits per heavy atom. The fourth-order valence-electron chi connectivity index (χ4n) is 4.49. The quantitative estimate of drug-likeness (QED) is 0.451. The van der Waals surface area contributed by atoms with Gasteiger partial charge < -0.3 is 9.80 Å². The Bertz CT molecular complexity index is 1100. The molecule has 1 saturated heterocycles. The van der Waals surface area contributed by atoms with E-state index in [0.29, 0.717) is 54.4 Å². The third-order valence-electron chi connectivity index (χ3n) is 6.15. The molecule has 2 aliphatic rings. The van der Waals surface area contributed by atoms with Crippen molar-refractivity contribution in [1.29, 1.82) is 0 Å². The molecule has 9 nitrogen and oxygen atoms in total. The summed E-state index contributed by atoms with van der Waals surface area (Å²) in [6, 6.07) is 5.28.